The molecule has 1 saturated heterocycles. The van der Waals surface area contributed by atoms with Gasteiger partial charge in [-0.1, -0.05) is 29.3 Å². The molecule has 134 valence electrons. The normalized spacial score (nSPS) is 17.6. The standard InChI is InChI=1S/C17H25Cl2N3O2/c1-20-16(21-12-17(23-3)6-8-24-9-7-17)22(2)11-13-4-5-14(18)15(19)10-13/h4-5,10H,6-9,11-12H2,1-3H3,(H,20,21). The van der Waals surface area contributed by atoms with E-state index >= 15 is 0 Å². The van der Waals surface area contributed by atoms with Crippen LogP contribution in [0.15, 0.2) is 23.2 Å². The molecule has 1 aliphatic heterocycles. The fraction of sp³-hybridized carbons (Fsp3) is 0.588. The highest BCUT2D eigenvalue weighted by molar-refractivity contribution is 6.42. The zero-order chi connectivity index (χ0) is 17.6. The van der Waals surface area contributed by atoms with Crippen LogP contribution in [0.1, 0.15) is 18.4 Å². The number of aliphatic imine (C=N–C) groups is 1. The summed E-state index contributed by atoms with van der Waals surface area (Å²) in [6, 6.07) is 5.65. The number of halogens is 2. The molecular formula is C17H25Cl2N3O2. The Hall–Kier alpha value is -1.01. The second kappa shape index (κ2) is 8.90. The van der Waals surface area contributed by atoms with E-state index < -0.39 is 0 Å². The lowest BCUT2D eigenvalue weighted by Gasteiger charge is -2.37. The summed E-state index contributed by atoms with van der Waals surface area (Å²) in [5, 5.41) is 4.54. The van der Waals surface area contributed by atoms with Crippen LogP contribution in [-0.2, 0) is 16.0 Å². The Kier molecular flexibility index (Phi) is 7.16. The van der Waals surface area contributed by atoms with E-state index in [1.54, 1.807) is 14.2 Å². The average molecular weight is 374 g/mol. The van der Waals surface area contributed by atoms with E-state index in [9.17, 15) is 0 Å². The average Bonchev–Trinajstić information content (AvgIpc) is 2.59. The number of hydrogen-bond acceptors (Lipinski definition) is 3. The molecule has 0 aliphatic carbocycles. The quantitative estimate of drug-likeness (QED) is 0.635. The Balaban J connectivity index is 1.96. The largest absolute Gasteiger partial charge is 0.381 e. The molecule has 0 spiro atoms. The topological polar surface area (TPSA) is 46.1 Å². The van der Waals surface area contributed by atoms with Crippen LogP contribution < -0.4 is 5.32 Å². The highest BCUT2D eigenvalue weighted by atomic mass is 35.5. The van der Waals surface area contributed by atoms with Crippen molar-refractivity contribution >= 4 is 29.2 Å². The molecule has 1 aromatic carbocycles. The van der Waals surface area contributed by atoms with Gasteiger partial charge in [0.05, 0.1) is 15.6 Å². The third-order valence-corrected chi connectivity index (χ3v) is 5.12. The van der Waals surface area contributed by atoms with Crippen LogP contribution >= 0.6 is 23.2 Å². The number of guanidine groups is 1. The smallest absolute Gasteiger partial charge is 0.193 e. The van der Waals surface area contributed by atoms with Gasteiger partial charge >= 0.3 is 0 Å². The third kappa shape index (κ3) is 4.99. The van der Waals surface area contributed by atoms with E-state index in [1.165, 1.54) is 0 Å². The summed E-state index contributed by atoms with van der Waals surface area (Å²) in [6.07, 6.45) is 1.76. The highest BCUT2D eigenvalue weighted by Crippen LogP contribution is 2.24. The predicted octanol–water partition coefficient (Wildman–Crippen LogP) is 3.20. The summed E-state index contributed by atoms with van der Waals surface area (Å²) < 4.78 is 11.2. The van der Waals surface area contributed by atoms with Gasteiger partial charge in [0.1, 0.15) is 0 Å². The maximum Gasteiger partial charge on any atom is 0.193 e. The zero-order valence-corrected chi connectivity index (χ0v) is 16.0. The minimum Gasteiger partial charge on any atom is -0.381 e. The monoisotopic (exact) mass is 373 g/mol. The molecule has 2 rings (SSSR count). The molecule has 0 amide bonds. The van der Waals surface area contributed by atoms with Crippen LogP contribution in [-0.4, -0.2) is 57.4 Å². The number of ether oxygens (including phenoxy) is 2. The van der Waals surface area contributed by atoms with E-state index in [0.717, 1.165) is 37.6 Å². The van der Waals surface area contributed by atoms with Gasteiger partial charge in [-0.25, -0.2) is 0 Å². The summed E-state index contributed by atoms with van der Waals surface area (Å²) in [4.78, 5) is 6.40. The minimum absolute atomic E-state index is 0.196. The SMILES string of the molecule is CN=C(NCC1(OC)CCOCC1)N(C)Cc1ccc(Cl)c(Cl)c1. The Morgan fingerprint density at radius 1 is 1.33 bits per heavy atom. The van der Waals surface area contributed by atoms with Gasteiger partial charge in [-0.15, -0.1) is 0 Å². The molecule has 0 atom stereocenters. The van der Waals surface area contributed by atoms with Gasteiger partial charge in [0.25, 0.3) is 0 Å². The molecule has 0 unspecified atom stereocenters. The van der Waals surface area contributed by atoms with Gasteiger partial charge in [0.2, 0.25) is 0 Å². The summed E-state index contributed by atoms with van der Waals surface area (Å²) in [6.45, 7) is 2.84. The van der Waals surface area contributed by atoms with Crippen LogP contribution in [0.3, 0.4) is 0 Å². The van der Waals surface area contributed by atoms with Gasteiger partial charge in [-0.2, -0.15) is 0 Å². The Labute approximate surface area is 153 Å². The molecule has 1 heterocycles. The summed E-state index contributed by atoms with van der Waals surface area (Å²) in [5.74, 6) is 0.809. The van der Waals surface area contributed by atoms with Gasteiger partial charge in [-0.05, 0) is 17.7 Å². The Morgan fingerprint density at radius 2 is 2.04 bits per heavy atom. The van der Waals surface area contributed by atoms with E-state index in [-0.39, 0.29) is 5.60 Å². The highest BCUT2D eigenvalue weighted by Gasteiger charge is 2.32. The van der Waals surface area contributed by atoms with Crippen molar-refractivity contribution in [1.82, 2.24) is 10.2 Å². The van der Waals surface area contributed by atoms with Gasteiger partial charge < -0.3 is 19.7 Å². The van der Waals surface area contributed by atoms with E-state index in [0.29, 0.717) is 23.1 Å². The first-order chi connectivity index (χ1) is 11.5. The number of hydrogen-bond donors (Lipinski definition) is 1. The lowest BCUT2D eigenvalue weighted by atomic mass is 9.94. The number of nitrogens with zero attached hydrogens (tertiary/aromatic N) is 2. The minimum atomic E-state index is -0.196. The lowest BCUT2D eigenvalue weighted by molar-refractivity contribution is -0.0857. The lowest BCUT2D eigenvalue weighted by Crippen LogP contribution is -2.50. The summed E-state index contributed by atoms with van der Waals surface area (Å²) in [7, 11) is 5.52. The van der Waals surface area contributed by atoms with Crippen molar-refractivity contribution in [2.75, 3.05) is 41.0 Å². The molecule has 1 N–H and O–H groups in total. The molecule has 7 heteroatoms. The molecule has 5 nitrogen and oxygen atoms in total. The number of benzene rings is 1. The summed E-state index contributed by atoms with van der Waals surface area (Å²) >= 11 is 12.1. The van der Waals surface area contributed by atoms with E-state index in [4.69, 9.17) is 32.7 Å². The van der Waals surface area contributed by atoms with Crippen LogP contribution in [0, 0.1) is 0 Å². The van der Waals surface area contributed by atoms with Crippen LogP contribution in [0.25, 0.3) is 0 Å². The van der Waals surface area contributed by atoms with Crippen LogP contribution in [0.4, 0.5) is 0 Å². The van der Waals surface area contributed by atoms with Crippen molar-refractivity contribution < 1.29 is 9.47 Å². The molecule has 1 fully saturated rings. The molecular weight excluding hydrogens is 349 g/mol. The van der Waals surface area contributed by atoms with Gasteiger partial charge in [-0.3, -0.25) is 4.99 Å². The van der Waals surface area contributed by atoms with Crippen LogP contribution in [0.2, 0.25) is 10.0 Å². The maximum absolute atomic E-state index is 6.09. The van der Waals surface area contributed by atoms with Crippen LogP contribution in [0.5, 0.6) is 0 Å². The van der Waals surface area contributed by atoms with Crippen molar-refractivity contribution in [3.63, 3.8) is 0 Å². The van der Waals surface area contributed by atoms with Crippen molar-refractivity contribution in [2.45, 2.75) is 25.0 Å². The molecule has 0 bridgehead atoms. The van der Waals surface area contributed by atoms with Gasteiger partial charge in [0, 0.05) is 60.4 Å². The molecule has 0 radical (unpaired) electrons. The molecule has 0 aromatic heterocycles. The number of nitrogens with one attached hydrogen (secondary N) is 1. The Bertz CT molecular complexity index is 575. The van der Waals surface area contributed by atoms with E-state index in [2.05, 4.69) is 10.3 Å². The first-order valence-electron chi connectivity index (χ1n) is 7.98. The number of methoxy groups -OCH3 is 1. The maximum atomic E-state index is 6.09. The van der Waals surface area contributed by atoms with Crippen molar-refractivity contribution in [3.05, 3.63) is 33.8 Å². The van der Waals surface area contributed by atoms with Crippen molar-refractivity contribution in [1.29, 1.82) is 0 Å². The van der Waals surface area contributed by atoms with Gasteiger partial charge in [0.15, 0.2) is 5.96 Å². The molecule has 24 heavy (non-hydrogen) atoms. The number of rotatable bonds is 5. The van der Waals surface area contributed by atoms with E-state index in [1.807, 2.05) is 30.1 Å². The van der Waals surface area contributed by atoms with Crippen molar-refractivity contribution in [3.8, 4) is 0 Å². The molecule has 1 aliphatic rings. The molecule has 0 saturated carbocycles. The first-order valence-corrected chi connectivity index (χ1v) is 8.74. The van der Waals surface area contributed by atoms with Crippen molar-refractivity contribution in [2.24, 2.45) is 4.99 Å². The first kappa shape index (κ1) is 19.3. The second-order valence-corrected chi connectivity index (χ2v) is 6.82. The zero-order valence-electron chi connectivity index (χ0n) is 14.4. The fourth-order valence-corrected chi connectivity index (χ4v) is 3.13. The molecule has 1 aromatic rings. The fourth-order valence-electron chi connectivity index (χ4n) is 2.81. The summed E-state index contributed by atoms with van der Waals surface area (Å²) in [5.41, 5.74) is 0.876. The third-order valence-electron chi connectivity index (χ3n) is 4.38. The second-order valence-electron chi connectivity index (χ2n) is 6.00. The Morgan fingerprint density at radius 3 is 2.62 bits per heavy atom. The predicted molar refractivity (Wildman–Crippen MR) is 99.1 cm³/mol.